The number of para-hydroxylation sites is 1. The van der Waals surface area contributed by atoms with Crippen molar-refractivity contribution in [1.29, 1.82) is 5.26 Å². The zero-order valence-electron chi connectivity index (χ0n) is 14.2. The van der Waals surface area contributed by atoms with E-state index in [0.29, 0.717) is 0 Å². The topological polar surface area (TPSA) is 45.8 Å². The molecule has 0 saturated carbocycles. The van der Waals surface area contributed by atoms with Crippen LogP contribution < -0.4 is 0 Å². The lowest BCUT2D eigenvalue weighted by Crippen LogP contribution is -2.08. The summed E-state index contributed by atoms with van der Waals surface area (Å²) in [6, 6.07) is 16.5. The van der Waals surface area contributed by atoms with Crippen molar-refractivity contribution < 1.29 is 4.79 Å². The molecule has 0 N–H and O–H groups in total. The Bertz CT molecular complexity index is 1000. The first-order valence-electron chi connectivity index (χ1n) is 8.23. The van der Waals surface area contributed by atoms with Crippen LogP contribution in [-0.2, 0) is 11.3 Å². The molecule has 3 rings (SSSR count). The molecule has 3 nitrogen and oxygen atoms in total. The first kappa shape index (κ1) is 16.0. The van der Waals surface area contributed by atoms with E-state index in [-0.39, 0.29) is 17.3 Å². The van der Waals surface area contributed by atoms with Gasteiger partial charge in [0.2, 0.25) is 0 Å². The summed E-state index contributed by atoms with van der Waals surface area (Å²) in [5, 5.41) is 11.6. The molecule has 0 spiro atoms. The summed E-state index contributed by atoms with van der Waals surface area (Å²) in [6.07, 6.45) is 1.69. The van der Waals surface area contributed by atoms with E-state index in [4.69, 9.17) is 0 Å². The molecule has 120 valence electrons. The van der Waals surface area contributed by atoms with Gasteiger partial charge >= 0.3 is 0 Å². The van der Waals surface area contributed by atoms with Crippen LogP contribution in [0.1, 0.15) is 26.3 Å². The largest absolute Gasteiger partial charge is 0.341 e. The molecule has 0 aliphatic rings. The Balaban J connectivity index is 2.21. The number of carbonyl (C=O) groups excluding carboxylic acids is 1. The van der Waals surface area contributed by atoms with Gasteiger partial charge in [0.05, 0.1) is 5.57 Å². The second kappa shape index (κ2) is 6.33. The number of Topliss-reactive ketones (excluding diaryl/α,β-unsaturated/α-hetero) is 1. The van der Waals surface area contributed by atoms with Gasteiger partial charge in [-0.2, -0.15) is 5.26 Å². The molecule has 0 atom stereocenters. The highest BCUT2D eigenvalue weighted by molar-refractivity contribution is 6.09. The van der Waals surface area contributed by atoms with Crippen molar-refractivity contribution in [2.24, 2.45) is 5.92 Å². The summed E-state index contributed by atoms with van der Waals surface area (Å²) in [5.41, 5.74) is 3.47. The summed E-state index contributed by atoms with van der Waals surface area (Å²) < 4.78 is 2.28. The van der Waals surface area contributed by atoms with Crippen molar-refractivity contribution in [1.82, 2.24) is 4.57 Å². The lowest BCUT2D eigenvalue weighted by molar-refractivity contribution is -0.117. The molecule has 1 aromatic heterocycles. The summed E-state index contributed by atoms with van der Waals surface area (Å²) >= 11 is 0. The van der Waals surface area contributed by atoms with E-state index < -0.39 is 0 Å². The minimum Gasteiger partial charge on any atom is -0.341 e. The van der Waals surface area contributed by atoms with Crippen LogP contribution in [0.4, 0.5) is 0 Å². The summed E-state index contributed by atoms with van der Waals surface area (Å²) in [4.78, 5) is 12.1. The molecule has 0 radical (unpaired) electrons. The second-order valence-corrected chi connectivity index (χ2v) is 6.23. The smallest absolute Gasteiger partial charge is 0.175 e. The fourth-order valence-corrected chi connectivity index (χ4v) is 3.14. The summed E-state index contributed by atoms with van der Waals surface area (Å²) in [5.74, 6) is -0.296. The van der Waals surface area contributed by atoms with Crippen molar-refractivity contribution >= 4 is 33.7 Å². The van der Waals surface area contributed by atoms with Crippen LogP contribution in [0.5, 0.6) is 0 Å². The zero-order valence-corrected chi connectivity index (χ0v) is 14.2. The van der Waals surface area contributed by atoms with Crippen LogP contribution in [0.3, 0.4) is 0 Å². The number of aromatic nitrogens is 1. The fraction of sp³-hybridized carbons (Fsp3) is 0.238. The zero-order chi connectivity index (χ0) is 17.3. The number of benzene rings is 2. The SMILES string of the molecule is CCn1c2ccccc2c2cc(/C=C(/C#N)C(=O)C(C)C)ccc21. The van der Waals surface area contributed by atoms with Crippen LogP contribution in [0.25, 0.3) is 27.9 Å². The monoisotopic (exact) mass is 316 g/mol. The number of rotatable bonds is 4. The van der Waals surface area contributed by atoms with Gasteiger partial charge in [0.1, 0.15) is 6.07 Å². The number of hydrogen-bond donors (Lipinski definition) is 0. The van der Waals surface area contributed by atoms with E-state index in [1.165, 1.54) is 16.4 Å². The average molecular weight is 316 g/mol. The standard InChI is InChI=1S/C21H20N2O/c1-4-23-19-8-6-5-7-17(19)18-12-15(9-10-20(18)23)11-16(13-22)21(24)14(2)3/h5-12,14H,4H2,1-3H3/b16-11-. The van der Waals surface area contributed by atoms with Crippen LogP contribution in [0, 0.1) is 17.2 Å². The molecular weight excluding hydrogens is 296 g/mol. The van der Waals surface area contributed by atoms with E-state index >= 15 is 0 Å². The van der Waals surface area contributed by atoms with Gasteiger partial charge in [-0.1, -0.05) is 38.1 Å². The van der Waals surface area contributed by atoms with E-state index in [1.807, 2.05) is 38.1 Å². The Hall–Kier alpha value is -2.86. The third kappa shape index (κ3) is 2.61. The molecule has 0 aliphatic carbocycles. The predicted octanol–water partition coefficient (Wildman–Crippen LogP) is 4.95. The Morgan fingerprint density at radius 2 is 1.88 bits per heavy atom. The molecule has 3 heteroatoms. The molecule has 0 aliphatic heterocycles. The molecule has 24 heavy (non-hydrogen) atoms. The molecule has 0 amide bonds. The number of nitrogens with zero attached hydrogens (tertiary/aromatic N) is 2. The van der Waals surface area contributed by atoms with Gasteiger partial charge in [-0.3, -0.25) is 4.79 Å². The third-order valence-electron chi connectivity index (χ3n) is 4.33. The van der Waals surface area contributed by atoms with Gasteiger partial charge in [-0.25, -0.2) is 0 Å². The lowest BCUT2D eigenvalue weighted by atomic mass is 9.99. The first-order chi connectivity index (χ1) is 11.6. The van der Waals surface area contributed by atoms with Gasteiger partial charge in [-0.05, 0) is 36.8 Å². The maximum atomic E-state index is 12.1. The first-order valence-corrected chi connectivity index (χ1v) is 8.23. The fourth-order valence-electron chi connectivity index (χ4n) is 3.14. The van der Waals surface area contributed by atoms with E-state index in [0.717, 1.165) is 17.5 Å². The van der Waals surface area contributed by atoms with Gasteiger partial charge in [0.25, 0.3) is 0 Å². The van der Waals surface area contributed by atoms with E-state index in [9.17, 15) is 10.1 Å². The molecule has 2 aromatic carbocycles. The number of fused-ring (bicyclic) bond motifs is 3. The highest BCUT2D eigenvalue weighted by Crippen LogP contribution is 2.30. The Morgan fingerprint density at radius 3 is 2.54 bits per heavy atom. The van der Waals surface area contributed by atoms with Crippen molar-refractivity contribution in [2.45, 2.75) is 27.3 Å². The van der Waals surface area contributed by atoms with Crippen LogP contribution in [-0.4, -0.2) is 10.4 Å². The number of ketones is 1. The molecule has 0 bridgehead atoms. The quantitative estimate of drug-likeness (QED) is 0.505. The van der Waals surface area contributed by atoms with Gasteiger partial charge < -0.3 is 4.57 Å². The number of allylic oxidation sites excluding steroid dienone is 1. The number of nitriles is 1. The highest BCUT2D eigenvalue weighted by Gasteiger charge is 2.14. The second-order valence-electron chi connectivity index (χ2n) is 6.23. The maximum Gasteiger partial charge on any atom is 0.175 e. The van der Waals surface area contributed by atoms with Crippen LogP contribution >= 0.6 is 0 Å². The van der Waals surface area contributed by atoms with Crippen LogP contribution in [0.2, 0.25) is 0 Å². The van der Waals surface area contributed by atoms with E-state index in [1.54, 1.807) is 6.08 Å². The maximum absolute atomic E-state index is 12.1. The minimum absolute atomic E-state index is 0.117. The predicted molar refractivity (Wildman–Crippen MR) is 98.6 cm³/mol. The Morgan fingerprint density at radius 1 is 1.17 bits per heavy atom. The van der Waals surface area contributed by atoms with E-state index in [2.05, 4.69) is 35.8 Å². The highest BCUT2D eigenvalue weighted by atomic mass is 16.1. The van der Waals surface area contributed by atoms with Crippen molar-refractivity contribution in [2.75, 3.05) is 0 Å². The van der Waals surface area contributed by atoms with Crippen molar-refractivity contribution in [3.63, 3.8) is 0 Å². The van der Waals surface area contributed by atoms with Gasteiger partial charge in [-0.15, -0.1) is 0 Å². The molecular formula is C21H20N2O. The summed E-state index contributed by atoms with van der Waals surface area (Å²) in [6.45, 7) is 6.65. The lowest BCUT2D eigenvalue weighted by Gasteiger charge is -2.04. The molecule has 3 aromatic rings. The third-order valence-corrected chi connectivity index (χ3v) is 4.33. The average Bonchev–Trinajstić information content (AvgIpc) is 2.92. The number of hydrogen-bond acceptors (Lipinski definition) is 2. The molecule has 1 heterocycles. The van der Waals surface area contributed by atoms with Crippen molar-refractivity contribution in [3.8, 4) is 6.07 Å². The van der Waals surface area contributed by atoms with Gasteiger partial charge in [0, 0.05) is 34.3 Å². The summed E-state index contributed by atoms with van der Waals surface area (Å²) in [7, 11) is 0. The van der Waals surface area contributed by atoms with Crippen LogP contribution in [0.15, 0.2) is 48.0 Å². The Labute approximate surface area is 141 Å². The van der Waals surface area contributed by atoms with Crippen molar-refractivity contribution in [3.05, 3.63) is 53.6 Å². The normalized spacial score (nSPS) is 12.0. The molecule has 0 fully saturated rings. The van der Waals surface area contributed by atoms with Gasteiger partial charge in [0.15, 0.2) is 5.78 Å². The molecule has 0 saturated heterocycles. The number of carbonyl (C=O) groups is 1. The molecule has 0 unspecified atom stereocenters. The minimum atomic E-state index is -0.179. The Kier molecular flexibility index (Phi) is 4.22. The number of aryl methyl sites for hydroxylation is 1.